The maximum absolute atomic E-state index is 11.7. The van der Waals surface area contributed by atoms with Crippen LogP contribution in [-0.2, 0) is 11.3 Å². The Morgan fingerprint density at radius 1 is 1.31 bits per heavy atom. The second-order valence-corrected chi connectivity index (χ2v) is 9.47. The third-order valence-electron chi connectivity index (χ3n) is 6.16. The van der Waals surface area contributed by atoms with Crippen LogP contribution >= 0.6 is 22.9 Å². The van der Waals surface area contributed by atoms with Crippen molar-refractivity contribution in [3.63, 3.8) is 0 Å². The van der Waals surface area contributed by atoms with Crippen LogP contribution in [0.2, 0.25) is 5.02 Å². The molecule has 2 aromatic carbocycles. The number of carboxylic acids is 1. The highest BCUT2D eigenvalue weighted by Crippen LogP contribution is 2.41. The van der Waals surface area contributed by atoms with Gasteiger partial charge in [-0.1, -0.05) is 22.9 Å². The molecular weight excluding hydrogens is 446 g/mol. The SMILES string of the molecule is CCN1C(=Cc2sc3ccc(N4CCCC4C(=O)O)cc3[n+]2CC)Oc2ccc(Cl)cc21. The van der Waals surface area contributed by atoms with Crippen LogP contribution in [0.5, 0.6) is 5.75 Å². The third-order valence-corrected chi connectivity index (χ3v) is 7.50. The summed E-state index contributed by atoms with van der Waals surface area (Å²) in [7, 11) is 0. The first kappa shape index (κ1) is 21.1. The number of aryl methyl sites for hydroxylation is 1. The second kappa shape index (κ2) is 8.30. The van der Waals surface area contributed by atoms with E-state index in [1.165, 1.54) is 0 Å². The molecule has 6 nitrogen and oxygen atoms in total. The van der Waals surface area contributed by atoms with E-state index in [1.807, 2.05) is 29.2 Å². The molecule has 0 spiro atoms. The average Bonchev–Trinajstić information content (AvgIpc) is 3.47. The molecule has 5 rings (SSSR count). The summed E-state index contributed by atoms with van der Waals surface area (Å²) in [5.41, 5.74) is 3.06. The predicted octanol–water partition coefficient (Wildman–Crippen LogP) is 5.13. The van der Waals surface area contributed by atoms with Crippen LogP contribution in [-0.4, -0.2) is 30.2 Å². The molecule has 2 aliphatic heterocycles. The van der Waals surface area contributed by atoms with Crippen molar-refractivity contribution in [2.45, 2.75) is 39.3 Å². The van der Waals surface area contributed by atoms with Gasteiger partial charge in [0.25, 0.3) is 5.01 Å². The van der Waals surface area contributed by atoms with Gasteiger partial charge in [-0.15, -0.1) is 0 Å². The van der Waals surface area contributed by atoms with Crippen LogP contribution in [0, 0.1) is 0 Å². The Morgan fingerprint density at radius 3 is 2.91 bits per heavy atom. The van der Waals surface area contributed by atoms with Crippen molar-refractivity contribution < 1.29 is 19.2 Å². The first-order valence-corrected chi connectivity index (χ1v) is 12.1. The van der Waals surface area contributed by atoms with E-state index in [9.17, 15) is 9.90 Å². The number of aromatic nitrogens is 1. The van der Waals surface area contributed by atoms with E-state index < -0.39 is 12.0 Å². The molecule has 8 heteroatoms. The Balaban J connectivity index is 1.55. The third kappa shape index (κ3) is 3.49. The number of halogens is 1. The minimum absolute atomic E-state index is 0.446. The Hall–Kier alpha value is -2.77. The molecule has 0 aliphatic carbocycles. The number of aliphatic carboxylic acids is 1. The van der Waals surface area contributed by atoms with Gasteiger partial charge in [0.2, 0.25) is 11.4 Å². The number of hydrogen-bond donors (Lipinski definition) is 1. The summed E-state index contributed by atoms with van der Waals surface area (Å²) in [4.78, 5) is 15.8. The maximum Gasteiger partial charge on any atom is 0.326 e. The number of carbonyl (C=O) groups is 1. The predicted molar refractivity (Wildman–Crippen MR) is 129 cm³/mol. The highest BCUT2D eigenvalue weighted by Gasteiger charge is 2.32. The van der Waals surface area contributed by atoms with Crippen LogP contribution in [0.15, 0.2) is 42.3 Å². The van der Waals surface area contributed by atoms with Crippen molar-refractivity contribution >= 4 is 56.6 Å². The molecule has 1 aromatic heterocycles. The zero-order valence-corrected chi connectivity index (χ0v) is 19.6. The number of ether oxygens (including phenoxy) is 1. The number of anilines is 2. The molecular formula is C24H25ClN3O3S+. The number of benzene rings is 2. The molecule has 0 amide bonds. The van der Waals surface area contributed by atoms with Crippen molar-refractivity contribution in [3.05, 3.63) is 52.3 Å². The standard InChI is InChI=1S/C24H24ClN3O3S/c1-3-26-18-12-15(25)7-9-20(18)31-22(26)14-23-27(4-2)19-13-16(8-10-21(19)32-23)28-11-5-6-17(28)24(29)30/h7-10,12-14,17H,3-6,11H2,1-2H3/p+1. The fourth-order valence-corrected chi connectivity index (χ4v) is 5.95. The maximum atomic E-state index is 11.7. The van der Waals surface area contributed by atoms with Crippen molar-refractivity contribution in [1.29, 1.82) is 0 Å². The topological polar surface area (TPSA) is 56.9 Å². The van der Waals surface area contributed by atoms with E-state index in [-0.39, 0.29) is 0 Å². The Morgan fingerprint density at radius 2 is 2.16 bits per heavy atom. The summed E-state index contributed by atoms with van der Waals surface area (Å²) >= 11 is 7.92. The minimum atomic E-state index is -0.751. The second-order valence-electron chi connectivity index (χ2n) is 7.97. The molecule has 3 aromatic rings. The van der Waals surface area contributed by atoms with Gasteiger partial charge in [0.15, 0.2) is 5.75 Å². The molecule has 1 unspecified atom stereocenters. The van der Waals surface area contributed by atoms with Gasteiger partial charge in [0.1, 0.15) is 17.3 Å². The van der Waals surface area contributed by atoms with Crippen LogP contribution < -0.4 is 19.1 Å². The van der Waals surface area contributed by atoms with Gasteiger partial charge in [-0.05, 0) is 57.0 Å². The van der Waals surface area contributed by atoms with Crippen molar-refractivity contribution in [2.75, 3.05) is 22.9 Å². The molecule has 2 aliphatic rings. The normalized spacial score (nSPS) is 19.1. The van der Waals surface area contributed by atoms with E-state index in [0.29, 0.717) is 11.4 Å². The van der Waals surface area contributed by atoms with Crippen molar-refractivity contribution in [1.82, 2.24) is 0 Å². The van der Waals surface area contributed by atoms with Gasteiger partial charge in [0, 0.05) is 29.9 Å². The van der Waals surface area contributed by atoms with Crippen LogP contribution in [0.4, 0.5) is 11.4 Å². The molecule has 166 valence electrons. The Bertz CT molecular complexity index is 1240. The van der Waals surface area contributed by atoms with Gasteiger partial charge in [-0.3, -0.25) is 0 Å². The molecule has 1 atom stereocenters. The number of fused-ring (bicyclic) bond motifs is 2. The zero-order valence-electron chi connectivity index (χ0n) is 18.0. The van der Waals surface area contributed by atoms with Gasteiger partial charge in [-0.25, -0.2) is 4.79 Å². The number of carboxylic acid groups (broad SMARTS) is 1. The van der Waals surface area contributed by atoms with E-state index in [4.69, 9.17) is 16.3 Å². The molecule has 0 radical (unpaired) electrons. The zero-order chi connectivity index (χ0) is 22.4. The summed E-state index contributed by atoms with van der Waals surface area (Å²) in [6.45, 7) is 6.56. The highest BCUT2D eigenvalue weighted by molar-refractivity contribution is 7.18. The van der Waals surface area contributed by atoms with E-state index in [0.717, 1.165) is 64.3 Å². The molecule has 1 N–H and O–H groups in total. The van der Waals surface area contributed by atoms with Crippen LogP contribution in [0.1, 0.15) is 31.7 Å². The lowest BCUT2D eigenvalue weighted by atomic mass is 10.2. The van der Waals surface area contributed by atoms with Gasteiger partial charge < -0.3 is 19.6 Å². The summed E-state index contributed by atoms with van der Waals surface area (Å²) in [5.74, 6) is 0.839. The smallest absolute Gasteiger partial charge is 0.326 e. The van der Waals surface area contributed by atoms with E-state index in [2.05, 4.69) is 41.5 Å². The van der Waals surface area contributed by atoms with E-state index in [1.54, 1.807) is 11.3 Å². The molecule has 1 fully saturated rings. The van der Waals surface area contributed by atoms with Gasteiger partial charge >= 0.3 is 5.97 Å². The Kier molecular flexibility index (Phi) is 5.47. The fourth-order valence-electron chi connectivity index (χ4n) is 4.65. The summed E-state index contributed by atoms with van der Waals surface area (Å²) in [5, 5.41) is 11.4. The van der Waals surface area contributed by atoms with Gasteiger partial charge in [0.05, 0.1) is 11.8 Å². The van der Waals surface area contributed by atoms with Crippen molar-refractivity contribution in [2.24, 2.45) is 0 Å². The lowest BCUT2D eigenvalue weighted by molar-refractivity contribution is -0.665. The van der Waals surface area contributed by atoms with E-state index >= 15 is 0 Å². The monoisotopic (exact) mass is 470 g/mol. The molecule has 1 saturated heterocycles. The summed E-state index contributed by atoms with van der Waals surface area (Å²) < 4.78 is 9.58. The average molecular weight is 471 g/mol. The molecule has 32 heavy (non-hydrogen) atoms. The fraction of sp³-hybridized carbons (Fsp3) is 0.333. The summed E-state index contributed by atoms with van der Waals surface area (Å²) in [6, 6.07) is 11.5. The molecule has 0 saturated carbocycles. The van der Waals surface area contributed by atoms with Gasteiger partial charge in [-0.2, -0.15) is 4.57 Å². The van der Waals surface area contributed by atoms with Crippen LogP contribution in [0.25, 0.3) is 16.3 Å². The number of nitrogens with zero attached hydrogens (tertiary/aromatic N) is 3. The quantitative estimate of drug-likeness (QED) is 0.524. The number of thiazole rings is 1. The lowest BCUT2D eigenvalue weighted by Crippen LogP contribution is -2.37. The molecule has 3 heterocycles. The first-order chi connectivity index (χ1) is 15.5. The lowest BCUT2D eigenvalue weighted by Gasteiger charge is -2.23. The number of rotatable bonds is 5. The first-order valence-electron chi connectivity index (χ1n) is 10.9. The largest absolute Gasteiger partial charge is 0.480 e. The molecule has 0 bridgehead atoms. The van der Waals surface area contributed by atoms with Crippen molar-refractivity contribution in [3.8, 4) is 5.75 Å². The Labute approximate surface area is 195 Å². The van der Waals surface area contributed by atoms with Crippen LogP contribution in [0.3, 0.4) is 0 Å². The summed E-state index contributed by atoms with van der Waals surface area (Å²) in [6.07, 6.45) is 3.68. The number of hydrogen-bond acceptors (Lipinski definition) is 5. The highest BCUT2D eigenvalue weighted by atomic mass is 35.5. The minimum Gasteiger partial charge on any atom is -0.480 e.